The third kappa shape index (κ3) is 4.74. The monoisotopic (exact) mass is 380 g/mol. The molecule has 3 rings (SSSR count). The average Bonchev–Trinajstić information content (AvgIpc) is 2.61. The second-order valence-electron chi connectivity index (χ2n) is 6.33. The highest BCUT2D eigenvalue weighted by molar-refractivity contribution is 7.92. The molecule has 0 radical (unpaired) electrons. The molecule has 6 heteroatoms. The maximum atomic E-state index is 12.4. The smallest absolute Gasteiger partial charge is 0.261 e. The number of aryl methyl sites for hydroxylation is 2. The molecule has 2 N–H and O–H groups in total. The van der Waals surface area contributed by atoms with Crippen molar-refractivity contribution in [3.63, 3.8) is 0 Å². The molecule has 3 aromatic rings. The Labute approximate surface area is 159 Å². The molecule has 0 aromatic heterocycles. The minimum atomic E-state index is -3.71. The summed E-state index contributed by atoms with van der Waals surface area (Å²) in [7, 11) is -3.71. The van der Waals surface area contributed by atoms with Gasteiger partial charge in [-0.3, -0.25) is 9.52 Å². The lowest BCUT2D eigenvalue weighted by molar-refractivity contribution is 0.102. The summed E-state index contributed by atoms with van der Waals surface area (Å²) in [5, 5.41) is 2.83. The lowest BCUT2D eigenvalue weighted by Crippen LogP contribution is -2.15. The van der Waals surface area contributed by atoms with Crippen molar-refractivity contribution in [2.24, 2.45) is 0 Å². The fourth-order valence-electron chi connectivity index (χ4n) is 2.76. The third-order valence-electron chi connectivity index (χ3n) is 3.93. The molecule has 0 aliphatic heterocycles. The van der Waals surface area contributed by atoms with Crippen molar-refractivity contribution in [1.82, 2.24) is 0 Å². The van der Waals surface area contributed by atoms with Crippen LogP contribution in [0.1, 0.15) is 21.5 Å². The molecule has 5 nitrogen and oxygen atoms in total. The Morgan fingerprint density at radius 3 is 1.96 bits per heavy atom. The summed E-state index contributed by atoms with van der Waals surface area (Å²) >= 11 is 0. The van der Waals surface area contributed by atoms with Gasteiger partial charge in [0.1, 0.15) is 0 Å². The molecule has 0 spiro atoms. The minimum Gasteiger partial charge on any atom is -0.322 e. The molecule has 27 heavy (non-hydrogen) atoms. The van der Waals surface area contributed by atoms with E-state index in [1.165, 1.54) is 24.3 Å². The molecule has 0 unspecified atom stereocenters. The number of carbonyl (C=O) groups is 1. The van der Waals surface area contributed by atoms with E-state index in [0.29, 0.717) is 16.9 Å². The second-order valence-corrected chi connectivity index (χ2v) is 8.01. The molecule has 0 saturated heterocycles. The number of nitrogens with one attached hydrogen (secondary N) is 2. The molecule has 0 saturated carbocycles. The van der Waals surface area contributed by atoms with E-state index in [1.807, 2.05) is 32.0 Å². The Morgan fingerprint density at radius 1 is 0.778 bits per heavy atom. The van der Waals surface area contributed by atoms with Crippen LogP contribution in [-0.4, -0.2) is 14.3 Å². The zero-order valence-corrected chi connectivity index (χ0v) is 15.9. The third-order valence-corrected chi connectivity index (χ3v) is 5.33. The molecular weight excluding hydrogens is 360 g/mol. The van der Waals surface area contributed by atoms with Gasteiger partial charge in [-0.05, 0) is 73.5 Å². The van der Waals surface area contributed by atoms with E-state index in [1.54, 1.807) is 30.3 Å². The molecule has 138 valence electrons. The van der Waals surface area contributed by atoms with Gasteiger partial charge in [0.15, 0.2) is 0 Å². The van der Waals surface area contributed by atoms with Gasteiger partial charge in [-0.25, -0.2) is 8.42 Å². The normalized spacial score (nSPS) is 11.0. The quantitative estimate of drug-likeness (QED) is 0.691. The number of benzene rings is 3. The fraction of sp³-hybridized carbons (Fsp3) is 0.0952. The minimum absolute atomic E-state index is 0.0919. The van der Waals surface area contributed by atoms with Crippen LogP contribution in [-0.2, 0) is 10.0 Å². The number of sulfonamides is 1. The first kappa shape index (κ1) is 18.7. The first-order valence-corrected chi connectivity index (χ1v) is 9.89. The van der Waals surface area contributed by atoms with Gasteiger partial charge in [-0.2, -0.15) is 0 Å². The lowest BCUT2D eigenvalue weighted by Gasteiger charge is -2.10. The summed E-state index contributed by atoms with van der Waals surface area (Å²) in [5.41, 5.74) is 3.68. The number of amides is 1. The van der Waals surface area contributed by atoms with E-state index < -0.39 is 10.0 Å². The van der Waals surface area contributed by atoms with Crippen LogP contribution in [0.2, 0.25) is 0 Å². The highest BCUT2D eigenvalue weighted by Crippen LogP contribution is 2.18. The first-order chi connectivity index (χ1) is 12.8. The predicted molar refractivity (Wildman–Crippen MR) is 108 cm³/mol. The average molecular weight is 380 g/mol. The Hall–Kier alpha value is -3.12. The van der Waals surface area contributed by atoms with Crippen LogP contribution in [0.3, 0.4) is 0 Å². The fourth-order valence-corrected chi connectivity index (χ4v) is 3.81. The highest BCUT2D eigenvalue weighted by atomic mass is 32.2. The number of hydrogen-bond acceptors (Lipinski definition) is 3. The Kier molecular flexibility index (Phi) is 5.28. The van der Waals surface area contributed by atoms with Crippen molar-refractivity contribution in [3.8, 4) is 0 Å². The van der Waals surface area contributed by atoms with E-state index >= 15 is 0 Å². The number of carbonyl (C=O) groups excluding carboxylic acids is 1. The van der Waals surface area contributed by atoms with Gasteiger partial charge < -0.3 is 5.32 Å². The molecule has 1 amide bonds. The van der Waals surface area contributed by atoms with Crippen LogP contribution in [0.15, 0.2) is 77.7 Å². The molecule has 0 heterocycles. The van der Waals surface area contributed by atoms with Crippen molar-refractivity contribution in [3.05, 3.63) is 89.5 Å². The van der Waals surface area contributed by atoms with Crippen molar-refractivity contribution >= 4 is 27.3 Å². The van der Waals surface area contributed by atoms with Crippen molar-refractivity contribution in [2.45, 2.75) is 18.7 Å². The summed E-state index contributed by atoms with van der Waals surface area (Å²) in [6, 6.07) is 20.3. The maximum Gasteiger partial charge on any atom is 0.261 e. The number of para-hydroxylation sites is 1. The number of hydrogen-bond donors (Lipinski definition) is 2. The van der Waals surface area contributed by atoms with Crippen LogP contribution in [0, 0.1) is 13.8 Å². The first-order valence-electron chi connectivity index (χ1n) is 8.41. The summed E-state index contributed by atoms with van der Waals surface area (Å²) < 4.78 is 27.4. The van der Waals surface area contributed by atoms with E-state index in [4.69, 9.17) is 0 Å². The van der Waals surface area contributed by atoms with Gasteiger partial charge in [0, 0.05) is 16.9 Å². The maximum absolute atomic E-state index is 12.4. The SMILES string of the molecule is Cc1cc(C)cc(NC(=O)c2ccc(S(=O)(=O)Nc3ccccc3)cc2)c1. The topological polar surface area (TPSA) is 75.3 Å². The lowest BCUT2D eigenvalue weighted by atomic mass is 10.1. The molecule has 0 aliphatic carbocycles. The van der Waals surface area contributed by atoms with Gasteiger partial charge in [-0.1, -0.05) is 24.3 Å². The van der Waals surface area contributed by atoms with Crippen LogP contribution < -0.4 is 10.0 Å². The number of anilines is 2. The molecule has 0 fully saturated rings. The van der Waals surface area contributed by atoms with E-state index in [0.717, 1.165) is 11.1 Å². The van der Waals surface area contributed by atoms with Crippen molar-refractivity contribution in [2.75, 3.05) is 10.0 Å². The van der Waals surface area contributed by atoms with Gasteiger partial charge in [-0.15, -0.1) is 0 Å². The summed E-state index contributed by atoms with van der Waals surface area (Å²) in [4.78, 5) is 12.5. The van der Waals surface area contributed by atoms with Gasteiger partial charge >= 0.3 is 0 Å². The van der Waals surface area contributed by atoms with Crippen LogP contribution in [0.5, 0.6) is 0 Å². The molecular formula is C21H20N2O3S. The standard InChI is InChI=1S/C21H20N2O3S/c1-15-12-16(2)14-19(13-15)22-21(24)17-8-10-20(11-9-17)27(25,26)23-18-6-4-3-5-7-18/h3-14,23H,1-2H3,(H,22,24). The Morgan fingerprint density at radius 2 is 1.37 bits per heavy atom. The molecule has 0 aliphatic rings. The zero-order chi connectivity index (χ0) is 19.4. The highest BCUT2D eigenvalue weighted by Gasteiger charge is 2.15. The second kappa shape index (κ2) is 7.63. The van der Waals surface area contributed by atoms with Gasteiger partial charge in [0.2, 0.25) is 0 Å². The van der Waals surface area contributed by atoms with Gasteiger partial charge in [0.25, 0.3) is 15.9 Å². The largest absolute Gasteiger partial charge is 0.322 e. The predicted octanol–water partition coefficient (Wildman–Crippen LogP) is 4.36. The van der Waals surface area contributed by atoms with E-state index in [-0.39, 0.29) is 10.8 Å². The molecule has 0 bridgehead atoms. The van der Waals surface area contributed by atoms with Gasteiger partial charge in [0.05, 0.1) is 4.90 Å². The number of rotatable bonds is 5. The Bertz CT molecular complexity index is 1040. The van der Waals surface area contributed by atoms with E-state index in [9.17, 15) is 13.2 Å². The molecule has 0 atom stereocenters. The summed E-state index contributed by atoms with van der Waals surface area (Å²) in [5.74, 6) is -0.292. The van der Waals surface area contributed by atoms with Crippen molar-refractivity contribution in [1.29, 1.82) is 0 Å². The summed E-state index contributed by atoms with van der Waals surface area (Å²) in [6.45, 7) is 3.92. The van der Waals surface area contributed by atoms with E-state index in [2.05, 4.69) is 10.0 Å². The van der Waals surface area contributed by atoms with Crippen LogP contribution in [0.25, 0.3) is 0 Å². The Balaban J connectivity index is 1.75. The van der Waals surface area contributed by atoms with Crippen molar-refractivity contribution < 1.29 is 13.2 Å². The zero-order valence-electron chi connectivity index (χ0n) is 15.1. The van der Waals surface area contributed by atoms with Crippen LogP contribution >= 0.6 is 0 Å². The van der Waals surface area contributed by atoms with Crippen LogP contribution in [0.4, 0.5) is 11.4 Å². The molecule has 3 aromatic carbocycles. The summed E-state index contributed by atoms with van der Waals surface area (Å²) in [6.07, 6.45) is 0.